The molecule has 1 saturated heterocycles. The van der Waals surface area contributed by atoms with Crippen molar-refractivity contribution in [3.63, 3.8) is 0 Å². The average molecular weight is 437 g/mol. The van der Waals surface area contributed by atoms with Gasteiger partial charge in [-0.2, -0.15) is 0 Å². The molecule has 0 spiro atoms. The summed E-state index contributed by atoms with van der Waals surface area (Å²) < 4.78 is 7.60. The lowest BCUT2D eigenvalue weighted by atomic mass is 10.0. The van der Waals surface area contributed by atoms with Gasteiger partial charge in [0, 0.05) is 23.8 Å². The Balaban J connectivity index is 1.61. The number of benzene rings is 2. The third-order valence-corrected chi connectivity index (χ3v) is 6.43. The topological polar surface area (TPSA) is 60.2 Å². The molecular weight excluding hydrogens is 408 g/mol. The van der Waals surface area contributed by atoms with E-state index in [4.69, 9.17) is 4.74 Å². The van der Waals surface area contributed by atoms with E-state index in [9.17, 15) is 4.79 Å². The number of carbonyl (C=O) groups excluding carboxylic acids is 1. The van der Waals surface area contributed by atoms with Crippen LogP contribution in [0.1, 0.15) is 33.1 Å². The Bertz CT molecular complexity index is 1000. The first-order valence-corrected chi connectivity index (χ1v) is 11.8. The summed E-state index contributed by atoms with van der Waals surface area (Å²) in [5, 5.41) is 9.61. The summed E-state index contributed by atoms with van der Waals surface area (Å²) in [6.07, 6.45) is 3.36. The van der Waals surface area contributed by atoms with Gasteiger partial charge >= 0.3 is 0 Å². The smallest absolute Gasteiger partial charge is 0.233 e. The van der Waals surface area contributed by atoms with Crippen LogP contribution in [0.2, 0.25) is 0 Å². The molecular formula is C24H28N4O2S. The van der Waals surface area contributed by atoms with E-state index in [0.717, 1.165) is 42.2 Å². The Hall–Kier alpha value is -2.80. The number of hydrogen-bond acceptors (Lipinski definition) is 5. The van der Waals surface area contributed by atoms with Crippen LogP contribution in [0.4, 0.5) is 0 Å². The van der Waals surface area contributed by atoms with Gasteiger partial charge in [-0.3, -0.25) is 9.36 Å². The zero-order valence-electron chi connectivity index (χ0n) is 18.0. The lowest BCUT2D eigenvalue weighted by molar-refractivity contribution is -0.131. The van der Waals surface area contributed by atoms with Crippen molar-refractivity contribution < 1.29 is 9.53 Å². The molecule has 1 amide bonds. The maximum absolute atomic E-state index is 12.9. The highest BCUT2D eigenvalue weighted by atomic mass is 32.2. The van der Waals surface area contributed by atoms with Gasteiger partial charge in [0.1, 0.15) is 5.75 Å². The normalized spacial score (nSPS) is 16.3. The number of amides is 1. The number of likely N-dealkylation sites (tertiary alicyclic amines) is 1. The van der Waals surface area contributed by atoms with E-state index in [0.29, 0.717) is 23.6 Å². The van der Waals surface area contributed by atoms with Crippen LogP contribution < -0.4 is 4.74 Å². The number of rotatable bonds is 7. The van der Waals surface area contributed by atoms with Gasteiger partial charge in [0.05, 0.1) is 12.4 Å². The maximum Gasteiger partial charge on any atom is 0.233 e. The molecule has 0 bridgehead atoms. The third kappa shape index (κ3) is 4.93. The molecule has 162 valence electrons. The average Bonchev–Trinajstić information content (AvgIpc) is 3.23. The van der Waals surface area contributed by atoms with Gasteiger partial charge in [-0.15, -0.1) is 10.2 Å². The van der Waals surface area contributed by atoms with Crippen molar-refractivity contribution in [3.05, 3.63) is 54.6 Å². The van der Waals surface area contributed by atoms with Gasteiger partial charge in [-0.1, -0.05) is 42.1 Å². The maximum atomic E-state index is 12.9. The van der Waals surface area contributed by atoms with Crippen LogP contribution in [0.15, 0.2) is 59.8 Å². The summed E-state index contributed by atoms with van der Waals surface area (Å²) in [6.45, 7) is 5.58. The molecule has 1 aliphatic rings. The summed E-state index contributed by atoms with van der Waals surface area (Å²) in [4.78, 5) is 14.9. The highest BCUT2D eigenvalue weighted by Gasteiger charge is 2.24. The molecule has 1 atom stereocenters. The largest absolute Gasteiger partial charge is 0.494 e. The molecule has 6 nitrogen and oxygen atoms in total. The molecule has 2 heterocycles. The second kappa shape index (κ2) is 10.0. The van der Waals surface area contributed by atoms with Crippen LogP contribution in [0, 0.1) is 0 Å². The number of ether oxygens (including phenoxy) is 1. The first kappa shape index (κ1) is 21.4. The Labute approximate surface area is 187 Å². The number of nitrogens with zero attached hydrogens (tertiary/aromatic N) is 4. The first-order valence-electron chi connectivity index (χ1n) is 10.8. The quantitative estimate of drug-likeness (QED) is 0.497. The second-order valence-electron chi connectivity index (χ2n) is 7.66. The van der Waals surface area contributed by atoms with Crippen LogP contribution >= 0.6 is 11.8 Å². The molecule has 3 aromatic rings. The lowest BCUT2D eigenvalue weighted by Gasteiger charge is -2.33. The van der Waals surface area contributed by atoms with E-state index in [-0.39, 0.29) is 5.91 Å². The second-order valence-corrected chi connectivity index (χ2v) is 8.60. The molecule has 1 aromatic heterocycles. The van der Waals surface area contributed by atoms with Gasteiger partial charge in [-0.25, -0.2) is 0 Å². The summed E-state index contributed by atoms with van der Waals surface area (Å²) in [6, 6.07) is 18.2. The van der Waals surface area contributed by atoms with E-state index in [1.54, 1.807) is 0 Å². The first-order chi connectivity index (χ1) is 15.2. The standard InChI is InChI=1S/C24H28N4O2S/c1-3-30-21-14-12-20(13-15-21)28-23(19-10-5-4-6-11-19)25-26-24(28)31-17-22(29)27-16-8-7-9-18(27)2/h4-6,10-15,18H,3,7-9,16-17H2,1-2H3/t18-/m0/s1. The van der Waals surface area contributed by atoms with Crippen LogP contribution in [0.5, 0.6) is 5.75 Å². The summed E-state index contributed by atoms with van der Waals surface area (Å²) >= 11 is 1.44. The van der Waals surface area contributed by atoms with Crippen LogP contribution in [-0.4, -0.2) is 50.5 Å². The molecule has 0 N–H and O–H groups in total. The Morgan fingerprint density at radius 1 is 1.10 bits per heavy atom. The third-order valence-electron chi connectivity index (χ3n) is 5.52. The van der Waals surface area contributed by atoms with Crippen molar-refractivity contribution in [2.45, 2.75) is 44.3 Å². The fraction of sp³-hybridized carbons (Fsp3) is 0.375. The zero-order chi connectivity index (χ0) is 21.6. The van der Waals surface area contributed by atoms with E-state index in [2.05, 4.69) is 17.1 Å². The molecule has 7 heteroatoms. The minimum absolute atomic E-state index is 0.166. The molecule has 31 heavy (non-hydrogen) atoms. The molecule has 4 rings (SSSR count). The van der Waals surface area contributed by atoms with Crippen LogP contribution in [-0.2, 0) is 4.79 Å². The number of aromatic nitrogens is 3. The van der Waals surface area contributed by atoms with Crippen molar-refractivity contribution in [2.75, 3.05) is 18.9 Å². The van der Waals surface area contributed by atoms with E-state index < -0.39 is 0 Å². The molecule has 0 aliphatic carbocycles. The number of carbonyl (C=O) groups is 1. The lowest BCUT2D eigenvalue weighted by Crippen LogP contribution is -2.42. The van der Waals surface area contributed by atoms with Crippen molar-refractivity contribution >= 4 is 17.7 Å². The summed E-state index contributed by atoms with van der Waals surface area (Å²) in [5.41, 5.74) is 1.92. The molecule has 1 aliphatic heterocycles. The highest BCUT2D eigenvalue weighted by molar-refractivity contribution is 7.99. The Morgan fingerprint density at radius 3 is 2.58 bits per heavy atom. The van der Waals surface area contributed by atoms with E-state index >= 15 is 0 Å². The van der Waals surface area contributed by atoms with Crippen LogP contribution in [0.25, 0.3) is 17.1 Å². The molecule has 1 fully saturated rings. The highest BCUT2D eigenvalue weighted by Crippen LogP contribution is 2.29. The Kier molecular flexibility index (Phi) is 6.92. The van der Waals surface area contributed by atoms with Gasteiger partial charge < -0.3 is 9.64 Å². The summed E-state index contributed by atoms with van der Waals surface area (Å²) in [5.74, 6) is 2.10. The van der Waals surface area contributed by atoms with Crippen molar-refractivity contribution in [2.24, 2.45) is 0 Å². The zero-order valence-corrected chi connectivity index (χ0v) is 18.8. The predicted molar refractivity (Wildman–Crippen MR) is 124 cm³/mol. The predicted octanol–water partition coefficient (Wildman–Crippen LogP) is 4.83. The molecule has 2 aromatic carbocycles. The number of piperidine rings is 1. The van der Waals surface area contributed by atoms with Crippen molar-refractivity contribution in [1.82, 2.24) is 19.7 Å². The summed E-state index contributed by atoms with van der Waals surface area (Å²) in [7, 11) is 0. The van der Waals surface area contributed by atoms with Crippen molar-refractivity contribution in [3.8, 4) is 22.8 Å². The minimum Gasteiger partial charge on any atom is -0.494 e. The monoisotopic (exact) mass is 436 g/mol. The van der Waals surface area contributed by atoms with Crippen molar-refractivity contribution in [1.29, 1.82) is 0 Å². The van der Waals surface area contributed by atoms with Gasteiger partial charge in [0.15, 0.2) is 11.0 Å². The SMILES string of the molecule is CCOc1ccc(-n2c(SCC(=O)N3CCCC[C@@H]3C)nnc2-c2ccccc2)cc1. The van der Waals surface area contributed by atoms with E-state index in [1.807, 2.05) is 71.0 Å². The van der Waals surface area contributed by atoms with Gasteiger partial charge in [0.25, 0.3) is 0 Å². The van der Waals surface area contributed by atoms with Gasteiger partial charge in [0.2, 0.25) is 5.91 Å². The number of thioether (sulfide) groups is 1. The Morgan fingerprint density at radius 2 is 1.87 bits per heavy atom. The molecule has 0 unspecified atom stereocenters. The number of hydrogen-bond donors (Lipinski definition) is 0. The fourth-order valence-electron chi connectivity index (χ4n) is 3.91. The minimum atomic E-state index is 0.166. The van der Waals surface area contributed by atoms with Crippen LogP contribution in [0.3, 0.4) is 0 Å². The van der Waals surface area contributed by atoms with E-state index in [1.165, 1.54) is 18.2 Å². The van der Waals surface area contributed by atoms with Gasteiger partial charge in [-0.05, 0) is 57.4 Å². The molecule has 0 radical (unpaired) electrons. The fourth-order valence-corrected chi connectivity index (χ4v) is 4.74. The molecule has 0 saturated carbocycles.